The molecule has 0 bridgehead atoms. The molecule has 1 aliphatic heterocycles. The van der Waals surface area contributed by atoms with Crippen molar-refractivity contribution in [3.8, 4) is 0 Å². The Bertz CT molecular complexity index is 881. The van der Waals surface area contributed by atoms with Gasteiger partial charge >= 0.3 is 5.97 Å². The van der Waals surface area contributed by atoms with E-state index in [4.69, 9.17) is 16.3 Å². The predicted octanol–water partition coefficient (Wildman–Crippen LogP) is 4.15. The van der Waals surface area contributed by atoms with E-state index in [0.717, 1.165) is 24.8 Å². The number of carbonyl (C=O) groups excluding carboxylic acids is 2. The largest absolute Gasteiger partial charge is 0.452 e. The van der Waals surface area contributed by atoms with Gasteiger partial charge in [0.05, 0.1) is 12.2 Å². The number of aryl methyl sites for hydroxylation is 2. The highest BCUT2D eigenvalue weighted by Crippen LogP contribution is 2.24. The number of likely N-dealkylation sites (tertiary alicyclic amines) is 1. The minimum absolute atomic E-state index is 0.160. The van der Waals surface area contributed by atoms with Crippen LogP contribution in [-0.2, 0) is 16.1 Å². The minimum atomic E-state index is -0.617. The van der Waals surface area contributed by atoms with Crippen LogP contribution in [-0.4, -0.2) is 45.2 Å². The van der Waals surface area contributed by atoms with E-state index < -0.39 is 5.97 Å². The first-order valence-corrected chi connectivity index (χ1v) is 10.4. The molecule has 1 aromatic carbocycles. The molecular weight excluding hydrogens is 390 g/mol. The molecule has 1 amide bonds. The molecule has 1 aromatic heterocycles. The molecule has 2 aromatic rings. The van der Waals surface area contributed by atoms with Crippen molar-refractivity contribution in [2.24, 2.45) is 0 Å². The number of esters is 1. The lowest BCUT2D eigenvalue weighted by Gasteiger charge is -2.38. The van der Waals surface area contributed by atoms with Crippen molar-refractivity contribution in [2.45, 2.75) is 65.6 Å². The maximum absolute atomic E-state index is 12.6. The molecule has 0 saturated carbocycles. The lowest BCUT2D eigenvalue weighted by molar-refractivity contribution is -0.140. The fourth-order valence-electron chi connectivity index (χ4n) is 3.94. The molecule has 0 unspecified atom stereocenters. The maximum atomic E-state index is 12.6. The predicted molar refractivity (Wildman–Crippen MR) is 112 cm³/mol. The van der Waals surface area contributed by atoms with Crippen molar-refractivity contribution in [3.05, 3.63) is 51.8 Å². The second-order valence-corrected chi connectivity index (χ2v) is 8.26. The topological polar surface area (TPSA) is 64.4 Å². The molecule has 156 valence electrons. The average molecular weight is 418 g/mol. The van der Waals surface area contributed by atoms with E-state index in [2.05, 4.69) is 5.10 Å². The summed E-state index contributed by atoms with van der Waals surface area (Å²) in [6.07, 6.45) is 3.06. The highest BCUT2D eigenvalue weighted by Gasteiger charge is 2.30. The van der Waals surface area contributed by atoms with Gasteiger partial charge in [-0.2, -0.15) is 5.10 Å². The van der Waals surface area contributed by atoms with Crippen molar-refractivity contribution in [3.63, 3.8) is 0 Å². The van der Waals surface area contributed by atoms with Crippen molar-refractivity contribution < 1.29 is 14.3 Å². The van der Waals surface area contributed by atoms with Crippen LogP contribution in [0.25, 0.3) is 0 Å². The van der Waals surface area contributed by atoms with E-state index in [1.54, 1.807) is 11.6 Å². The summed E-state index contributed by atoms with van der Waals surface area (Å²) in [5.41, 5.74) is 2.90. The van der Waals surface area contributed by atoms with Crippen LogP contribution in [0.15, 0.2) is 24.3 Å². The molecule has 2 heterocycles. The third-order valence-electron chi connectivity index (χ3n) is 5.53. The molecule has 0 N–H and O–H groups in total. The summed E-state index contributed by atoms with van der Waals surface area (Å²) >= 11 is 6.42. The van der Waals surface area contributed by atoms with Gasteiger partial charge in [0, 0.05) is 12.1 Å². The number of rotatable bonds is 5. The van der Waals surface area contributed by atoms with Gasteiger partial charge in [-0.25, -0.2) is 9.48 Å². The third kappa shape index (κ3) is 4.81. The number of hydrogen-bond donors (Lipinski definition) is 0. The van der Waals surface area contributed by atoms with Crippen LogP contribution in [0.1, 0.15) is 60.3 Å². The Hall–Kier alpha value is -2.34. The van der Waals surface area contributed by atoms with Crippen LogP contribution in [0.3, 0.4) is 0 Å². The van der Waals surface area contributed by atoms with Gasteiger partial charge in [0.1, 0.15) is 10.7 Å². The summed E-state index contributed by atoms with van der Waals surface area (Å²) in [7, 11) is 0. The average Bonchev–Trinajstić information content (AvgIpc) is 2.95. The standard InChI is InChI=1S/C22H28ClN3O3/c1-14-8-10-18(11-9-14)12-25-21(23)20(17(4)24-25)22(28)29-13-19(27)26-15(2)6-5-7-16(26)3/h8-11,15-16H,5-7,12-13H2,1-4H3/t15-,16-/m1/s1. The lowest BCUT2D eigenvalue weighted by atomic mass is 9.97. The Morgan fingerprint density at radius 1 is 1.14 bits per heavy atom. The number of ether oxygens (including phenoxy) is 1. The minimum Gasteiger partial charge on any atom is -0.452 e. The Balaban J connectivity index is 1.67. The molecule has 3 rings (SSSR count). The van der Waals surface area contributed by atoms with Gasteiger partial charge in [0.25, 0.3) is 5.91 Å². The number of piperidine rings is 1. The summed E-state index contributed by atoms with van der Waals surface area (Å²) in [5.74, 6) is -0.785. The monoisotopic (exact) mass is 417 g/mol. The van der Waals surface area contributed by atoms with Crippen molar-refractivity contribution in [2.75, 3.05) is 6.61 Å². The number of carbonyl (C=O) groups is 2. The molecule has 1 aliphatic rings. The first-order valence-electron chi connectivity index (χ1n) is 10.0. The van der Waals surface area contributed by atoms with Gasteiger partial charge in [-0.1, -0.05) is 41.4 Å². The second kappa shape index (κ2) is 8.99. The van der Waals surface area contributed by atoms with Gasteiger partial charge in [0.15, 0.2) is 6.61 Å². The number of hydrogen-bond acceptors (Lipinski definition) is 4. The van der Waals surface area contributed by atoms with Crippen molar-refractivity contribution >= 4 is 23.5 Å². The summed E-state index contributed by atoms with van der Waals surface area (Å²) in [4.78, 5) is 27.0. The van der Waals surface area contributed by atoms with E-state index in [1.165, 1.54) is 5.56 Å². The summed E-state index contributed by atoms with van der Waals surface area (Å²) in [5, 5.41) is 4.60. The zero-order chi connectivity index (χ0) is 21.1. The van der Waals surface area contributed by atoms with Crippen LogP contribution >= 0.6 is 11.6 Å². The van der Waals surface area contributed by atoms with E-state index in [0.29, 0.717) is 12.2 Å². The zero-order valence-corrected chi connectivity index (χ0v) is 18.2. The van der Waals surface area contributed by atoms with E-state index in [9.17, 15) is 9.59 Å². The SMILES string of the molecule is Cc1ccc(Cn2nc(C)c(C(=O)OCC(=O)N3[C@H](C)CCC[C@H]3C)c2Cl)cc1. The normalized spacial score (nSPS) is 19.3. The molecule has 1 fully saturated rings. The van der Waals surface area contributed by atoms with Crippen LogP contribution in [0.4, 0.5) is 0 Å². The van der Waals surface area contributed by atoms with Gasteiger partial charge < -0.3 is 9.64 Å². The van der Waals surface area contributed by atoms with Crippen LogP contribution in [0.5, 0.6) is 0 Å². The number of aromatic nitrogens is 2. The zero-order valence-electron chi connectivity index (χ0n) is 17.4. The van der Waals surface area contributed by atoms with E-state index >= 15 is 0 Å². The van der Waals surface area contributed by atoms with Gasteiger partial charge in [-0.15, -0.1) is 0 Å². The fourth-order valence-corrected chi connectivity index (χ4v) is 4.25. The molecule has 6 nitrogen and oxygen atoms in total. The first kappa shape index (κ1) is 21.4. The Morgan fingerprint density at radius 3 is 2.38 bits per heavy atom. The molecular formula is C22H28ClN3O3. The summed E-state index contributed by atoms with van der Waals surface area (Å²) in [6, 6.07) is 8.35. The van der Waals surface area contributed by atoms with Crippen molar-refractivity contribution in [1.82, 2.24) is 14.7 Å². The van der Waals surface area contributed by atoms with Crippen LogP contribution < -0.4 is 0 Å². The van der Waals surface area contributed by atoms with E-state index in [-0.39, 0.29) is 35.3 Å². The highest BCUT2D eigenvalue weighted by atomic mass is 35.5. The van der Waals surface area contributed by atoms with Crippen LogP contribution in [0, 0.1) is 13.8 Å². The first-order chi connectivity index (χ1) is 13.8. The highest BCUT2D eigenvalue weighted by molar-refractivity contribution is 6.32. The number of amides is 1. The molecule has 2 atom stereocenters. The molecule has 0 aliphatic carbocycles. The smallest absolute Gasteiger partial charge is 0.343 e. The Kier molecular flexibility index (Phi) is 6.63. The second-order valence-electron chi connectivity index (χ2n) is 7.90. The van der Waals surface area contributed by atoms with Gasteiger partial charge in [0.2, 0.25) is 0 Å². The van der Waals surface area contributed by atoms with Gasteiger partial charge in [-0.05, 0) is 52.5 Å². The number of halogens is 1. The van der Waals surface area contributed by atoms with E-state index in [1.807, 2.05) is 49.9 Å². The maximum Gasteiger partial charge on any atom is 0.343 e. The lowest BCUT2D eigenvalue weighted by Crippen LogP contribution is -2.49. The summed E-state index contributed by atoms with van der Waals surface area (Å²) < 4.78 is 6.89. The number of benzene rings is 1. The molecule has 29 heavy (non-hydrogen) atoms. The Labute approximate surface area is 176 Å². The third-order valence-corrected chi connectivity index (χ3v) is 5.91. The molecule has 0 radical (unpaired) electrons. The molecule has 1 saturated heterocycles. The molecule has 0 spiro atoms. The molecule has 7 heteroatoms. The quantitative estimate of drug-likeness (QED) is 0.685. The van der Waals surface area contributed by atoms with Crippen LogP contribution in [0.2, 0.25) is 5.15 Å². The van der Waals surface area contributed by atoms with Crippen molar-refractivity contribution in [1.29, 1.82) is 0 Å². The summed E-state index contributed by atoms with van der Waals surface area (Å²) in [6.45, 7) is 7.97. The fraction of sp³-hybridized carbons (Fsp3) is 0.500. The van der Waals surface area contributed by atoms with Gasteiger partial charge in [-0.3, -0.25) is 4.79 Å². The Morgan fingerprint density at radius 2 is 1.76 bits per heavy atom. The number of nitrogens with zero attached hydrogens (tertiary/aromatic N) is 3.